The highest BCUT2D eigenvalue weighted by molar-refractivity contribution is 7.90. The Kier molecular flexibility index (Phi) is 6.86. The number of rotatable bonds is 6. The summed E-state index contributed by atoms with van der Waals surface area (Å²) in [5, 5.41) is 0. The Labute approximate surface area is 183 Å². The van der Waals surface area contributed by atoms with E-state index in [2.05, 4.69) is 30.9 Å². The van der Waals surface area contributed by atoms with Gasteiger partial charge >= 0.3 is 10.2 Å². The van der Waals surface area contributed by atoms with Crippen LogP contribution in [0, 0.1) is 19.7 Å². The molecule has 2 aromatic carbocycles. The van der Waals surface area contributed by atoms with E-state index in [4.69, 9.17) is 0 Å². The van der Waals surface area contributed by atoms with Gasteiger partial charge in [0.05, 0.1) is 5.69 Å². The average molecular weight is 449 g/mol. The first-order valence-electron chi connectivity index (χ1n) is 10.2. The summed E-state index contributed by atoms with van der Waals surface area (Å²) < 4.78 is 41.0. The van der Waals surface area contributed by atoms with Crippen molar-refractivity contribution in [2.24, 2.45) is 0 Å². The van der Waals surface area contributed by atoms with Crippen molar-refractivity contribution in [3.63, 3.8) is 0 Å². The van der Waals surface area contributed by atoms with Crippen molar-refractivity contribution in [2.75, 3.05) is 56.0 Å². The van der Waals surface area contributed by atoms with Crippen molar-refractivity contribution in [2.45, 2.75) is 13.8 Å². The molecule has 7 nitrogen and oxygen atoms in total. The van der Waals surface area contributed by atoms with Gasteiger partial charge in [0, 0.05) is 46.0 Å². The Balaban J connectivity index is 1.73. The lowest BCUT2D eigenvalue weighted by Crippen LogP contribution is -2.53. The number of anilines is 2. The highest BCUT2D eigenvalue weighted by Gasteiger charge is 2.30. The van der Waals surface area contributed by atoms with Crippen molar-refractivity contribution in [3.8, 4) is 0 Å². The summed E-state index contributed by atoms with van der Waals surface area (Å²) in [6.07, 6.45) is 0. The van der Waals surface area contributed by atoms with E-state index in [-0.39, 0.29) is 18.1 Å². The quantitative estimate of drug-likeness (QED) is 0.681. The summed E-state index contributed by atoms with van der Waals surface area (Å²) in [6.45, 7) is 6.19. The fourth-order valence-electron chi connectivity index (χ4n) is 3.61. The van der Waals surface area contributed by atoms with Gasteiger partial charge in [0.25, 0.3) is 0 Å². The maximum absolute atomic E-state index is 13.3. The van der Waals surface area contributed by atoms with E-state index in [0.717, 1.165) is 14.3 Å². The van der Waals surface area contributed by atoms with Gasteiger partial charge in [-0.3, -0.25) is 4.79 Å². The van der Waals surface area contributed by atoms with Gasteiger partial charge in [-0.15, -0.1) is 0 Å². The number of piperazine rings is 1. The largest absolute Gasteiger partial charge is 0.368 e. The molecule has 1 saturated heterocycles. The minimum absolute atomic E-state index is 0.248. The normalized spacial score (nSPS) is 14.8. The zero-order valence-corrected chi connectivity index (χ0v) is 19.2. The number of benzene rings is 2. The number of amides is 1. The molecule has 0 aliphatic carbocycles. The van der Waals surface area contributed by atoms with E-state index in [1.165, 1.54) is 49.5 Å². The van der Waals surface area contributed by atoms with E-state index in [9.17, 15) is 17.6 Å². The third kappa shape index (κ3) is 4.99. The Bertz CT molecular complexity index is 1030. The molecular formula is C22H29FN4O3S. The molecule has 31 heavy (non-hydrogen) atoms. The molecule has 1 aliphatic heterocycles. The number of hydrogen-bond acceptors (Lipinski definition) is 4. The first-order valence-corrected chi connectivity index (χ1v) is 11.6. The van der Waals surface area contributed by atoms with Crippen LogP contribution in [0.4, 0.5) is 15.8 Å². The summed E-state index contributed by atoms with van der Waals surface area (Å²) in [5.74, 6) is -0.754. The molecule has 168 valence electrons. The van der Waals surface area contributed by atoms with Gasteiger partial charge in [0.2, 0.25) is 5.91 Å². The molecular weight excluding hydrogens is 419 g/mol. The van der Waals surface area contributed by atoms with Crippen LogP contribution in [0.15, 0.2) is 42.5 Å². The van der Waals surface area contributed by atoms with Crippen molar-refractivity contribution < 1.29 is 17.6 Å². The van der Waals surface area contributed by atoms with Crippen molar-refractivity contribution in [1.82, 2.24) is 9.21 Å². The molecule has 1 amide bonds. The molecule has 0 aromatic heterocycles. The Hall–Kier alpha value is -2.65. The predicted molar refractivity (Wildman–Crippen MR) is 121 cm³/mol. The molecule has 0 spiro atoms. The molecule has 3 rings (SSSR count). The van der Waals surface area contributed by atoms with E-state index in [0.29, 0.717) is 26.2 Å². The molecule has 0 unspecified atom stereocenters. The standard InChI is InChI=1S/C22H29FN4O3S/c1-17-6-5-7-21(18(17)2)25-12-14-26(15-13-25)22(28)16-27(31(29,30)24(3)4)20-10-8-19(23)9-11-20/h5-11H,12-16H2,1-4H3. The minimum Gasteiger partial charge on any atom is -0.368 e. The lowest BCUT2D eigenvalue weighted by molar-refractivity contribution is -0.129. The van der Waals surface area contributed by atoms with Crippen LogP contribution in [0.25, 0.3) is 0 Å². The summed E-state index contributed by atoms with van der Waals surface area (Å²) in [6, 6.07) is 11.3. The molecule has 0 saturated carbocycles. The molecule has 0 atom stereocenters. The van der Waals surface area contributed by atoms with Gasteiger partial charge < -0.3 is 9.80 Å². The number of carbonyl (C=O) groups excluding carboxylic acids is 1. The molecule has 1 heterocycles. The lowest BCUT2D eigenvalue weighted by Gasteiger charge is -2.38. The van der Waals surface area contributed by atoms with Gasteiger partial charge in [-0.25, -0.2) is 8.70 Å². The van der Waals surface area contributed by atoms with Crippen LogP contribution in [-0.4, -0.2) is 70.3 Å². The number of carbonyl (C=O) groups is 1. The minimum atomic E-state index is -3.92. The molecule has 9 heteroatoms. The third-order valence-corrected chi connectivity index (χ3v) is 7.50. The Morgan fingerprint density at radius 3 is 2.19 bits per heavy atom. The second-order valence-corrected chi connectivity index (χ2v) is 9.93. The summed E-state index contributed by atoms with van der Waals surface area (Å²) in [4.78, 5) is 16.9. The van der Waals surface area contributed by atoms with E-state index in [1.54, 1.807) is 4.90 Å². The zero-order valence-electron chi connectivity index (χ0n) is 18.4. The summed E-state index contributed by atoms with van der Waals surface area (Å²) in [7, 11) is -1.11. The number of aryl methyl sites for hydroxylation is 1. The third-order valence-electron chi connectivity index (χ3n) is 5.68. The second-order valence-electron chi connectivity index (χ2n) is 7.86. The van der Waals surface area contributed by atoms with Gasteiger partial charge in [0.1, 0.15) is 12.4 Å². The number of halogens is 1. The Morgan fingerprint density at radius 2 is 1.61 bits per heavy atom. The Morgan fingerprint density at radius 1 is 1.00 bits per heavy atom. The SMILES string of the molecule is Cc1cccc(N2CCN(C(=O)CN(c3ccc(F)cc3)S(=O)(=O)N(C)C)CC2)c1C. The van der Waals surface area contributed by atoms with E-state index < -0.39 is 16.0 Å². The van der Waals surface area contributed by atoms with Crippen LogP contribution in [0.3, 0.4) is 0 Å². The summed E-state index contributed by atoms with van der Waals surface area (Å²) >= 11 is 0. The fraction of sp³-hybridized carbons (Fsp3) is 0.409. The second kappa shape index (κ2) is 9.23. The fourth-order valence-corrected chi connectivity index (χ4v) is 4.66. The predicted octanol–water partition coefficient (Wildman–Crippen LogP) is 2.40. The first-order chi connectivity index (χ1) is 14.6. The van der Waals surface area contributed by atoms with Crippen molar-refractivity contribution in [3.05, 3.63) is 59.4 Å². The average Bonchev–Trinajstić information content (AvgIpc) is 2.74. The maximum Gasteiger partial charge on any atom is 0.304 e. The molecule has 2 aromatic rings. The van der Waals surface area contributed by atoms with Gasteiger partial charge in [-0.2, -0.15) is 12.7 Å². The number of hydrogen-bond donors (Lipinski definition) is 0. The molecule has 1 aliphatic rings. The van der Waals surface area contributed by atoms with Crippen LogP contribution >= 0.6 is 0 Å². The monoisotopic (exact) mass is 448 g/mol. The van der Waals surface area contributed by atoms with Crippen LogP contribution in [0.5, 0.6) is 0 Å². The highest BCUT2D eigenvalue weighted by Crippen LogP contribution is 2.24. The van der Waals surface area contributed by atoms with Gasteiger partial charge in [-0.05, 0) is 55.3 Å². The number of nitrogens with zero attached hydrogens (tertiary/aromatic N) is 4. The molecule has 1 fully saturated rings. The van der Waals surface area contributed by atoms with Crippen LogP contribution < -0.4 is 9.21 Å². The van der Waals surface area contributed by atoms with Crippen LogP contribution in [0.2, 0.25) is 0 Å². The maximum atomic E-state index is 13.3. The van der Waals surface area contributed by atoms with Gasteiger partial charge in [-0.1, -0.05) is 12.1 Å². The van der Waals surface area contributed by atoms with Crippen LogP contribution in [-0.2, 0) is 15.0 Å². The molecule has 0 radical (unpaired) electrons. The van der Waals surface area contributed by atoms with Crippen molar-refractivity contribution >= 4 is 27.5 Å². The molecule has 0 N–H and O–H groups in total. The lowest BCUT2D eigenvalue weighted by atomic mass is 10.1. The van der Waals surface area contributed by atoms with Crippen molar-refractivity contribution in [1.29, 1.82) is 0 Å². The molecule has 0 bridgehead atoms. The van der Waals surface area contributed by atoms with E-state index >= 15 is 0 Å². The summed E-state index contributed by atoms with van der Waals surface area (Å²) in [5.41, 5.74) is 3.86. The highest BCUT2D eigenvalue weighted by atomic mass is 32.2. The van der Waals surface area contributed by atoms with Gasteiger partial charge in [0.15, 0.2) is 0 Å². The zero-order chi connectivity index (χ0) is 22.8. The topological polar surface area (TPSA) is 64.2 Å². The first kappa shape index (κ1) is 23.0. The van der Waals surface area contributed by atoms with Crippen LogP contribution in [0.1, 0.15) is 11.1 Å². The van der Waals surface area contributed by atoms with E-state index in [1.807, 2.05) is 6.07 Å². The smallest absolute Gasteiger partial charge is 0.304 e.